The first kappa shape index (κ1) is 19.8. The summed E-state index contributed by atoms with van der Waals surface area (Å²) in [6.45, 7) is 0.458. The summed E-state index contributed by atoms with van der Waals surface area (Å²) in [5.41, 5.74) is 1.18. The number of nitrogens with one attached hydrogen (secondary N) is 2. The van der Waals surface area contributed by atoms with Gasteiger partial charge in [0, 0.05) is 6.54 Å². The number of rotatable bonds is 6. The van der Waals surface area contributed by atoms with Crippen LogP contribution >= 0.6 is 11.3 Å². The smallest absolute Gasteiger partial charge is 0.310 e. The third-order valence-corrected chi connectivity index (χ3v) is 6.73. The van der Waals surface area contributed by atoms with Gasteiger partial charge in [-0.05, 0) is 42.0 Å². The normalized spacial score (nSPS) is 25.4. The topological polar surface area (TPSA) is 123 Å². The summed E-state index contributed by atoms with van der Waals surface area (Å²) >= 11 is 1.22. The van der Waals surface area contributed by atoms with E-state index in [1.807, 2.05) is 6.07 Å². The lowest BCUT2D eigenvalue weighted by molar-refractivity contribution is -0.147. The van der Waals surface area contributed by atoms with E-state index in [-0.39, 0.29) is 19.2 Å². The minimum Gasteiger partial charge on any atom is -0.481 e. The molecule has 0 radical (unpaired) electrons. The molecule has 2 fully saturated rings. The van der Waals surface area contributed by atoms with E-state index in [0.717, 1.165) is 5.56 Å². The van der Waals surface area contributed by atoms with Crippen molar-refractivity contribution >= 4 is 34.1 Å². The van der Waals surface area contributed by atoms with Gasteiger partial charge >= 0.3 is 5.97 Å². The van der Waals surface area contributed by atoms with Crippen LogP contribution in [0.5, 0.6) is 11.5 Å². The number of anilines is 1. The van der Waals surface area contributed by atoms with Gasteiger partial charge < -0.3 is 30.0 Å². The minimum absolute atomic E-state index is 0.180. The van der Waals surface area contributed by atoms with Crippen LogP contribution in [-0.4, -0.2) is 41.9 Å². The molecule has 0 saturated carbocycles. The van der Waals surface area contributed by atoms with E-state index >= 15 is 0 Å². The number of carboxylic acid groups (broad SMARTS) is 1. The molecular formula is C21H20N2O7S. The van der Waals surface area contributed by atoms with Crippen LogP contribution in [0.4, 0.5) is 5.00 Å². The van der Waals surface area contributed by atoms with Crippen molar-refractivity contribution in [2.24, 2.45) is 11.8 Å². The summed E-state index contributed by atoms with van der Waals surface area (Å²) in [4.78, 5) is 37.2. The predicted molar refractivity (Wildman–Crippen MR) is 109 cm³/mol. The number of fused-ring (bicyclic) bond motifs is 3. The third-order valence-electron chi connectivity index (χ3n) is 5.90. The third kappa shape index (κ3) is 3.61. The maximum Gasteiger partial charge on any atom is 0.310 e. The number of amides is 2. The highest BCUT2D eigenvalue weighted by molar-refractivity contribution is 7.14. The molecule has 0 aliphatic carbocycles. The molecule has 5 rings (SSSR count). The number of carboxylic acids is 1. The molecule has 4 atom stereocenters. The zero-order valence-electron chi connectivity index (χ0n) is 16.3. The Morgan fingerprint density at radius 2 is 1.84 bits per heavy atom. The first-order valence-corrected chi connectivity index (χ1v) is 10.8. The highest BCUT2D eigenvalue weighted by Gasteiger charge is 2.55. The fourth-order valence-corrected chi connectivity index (χ4v) is 5.22. The van der Waals surface area contributed by atoms with Crippen LogP contribution in [0.1, 0.15) is 28.8 Å². The lowest BCUT2D eigenvalue weighted by Crippen LogP contribution is -2.41. The summed E-state index contributed by atoms with van der Waals surface area (Å²) in [6.07, 6.45) is 0.498. The highest BCUT2D eigenvalue weighted by Crippen LogP contribution is 2.44. The summed E-state index contributed by atoms with van der Waals surface area (Å²) in [7, 11) is 0. The van der Waals surface area contributed by atoms with Crippen molar-refractivity contribution in [3.8, 4) is 11.5 Å². The van der Waals surface area contributed by atoms with Crippen LogP contribution in [0.15, 0.2) is 29.6 Å². The second kappa shape index (κ2) is 7.86. The van der Waals surface area contributed by atoms with Gasteiger partial charge in [-0.3, -0.25) is 14.4 Å². The Balaban J connectivity index is 1.24. The quantitative estimate of drug-likeness (QED) is 0.624. The van der Waals surface area contributed by atoms with Gasteiger partial charge in [0.25, 0.3) is 5.91 Å². The SMILES string of the molecule is O=C(NCc1ccc2c(c1)OCO2)c1ccsc1NC(=O)[C@H]1[C@H](C(=O)O)[C@H]2CC[C@H]1O2. The highest BCUT2D eigenvalue weighted by atomic mass is 32.1. The average Bonchev–Trinajstić information content (AvgIpc) is 3.54. The van der Waals surface area contributed by atoms with Gasteiger partial charge in [0.05, 0.1) is 29.6 Å². The van der Waals surface area contributed by atoms with E-state index < -0.39 is 35.9 Å². The molecule has 3 aliphatic heterocycles. The number of ether oxygens (including phenoxy) is 3. The Morgan fingerprint density at radius 1 is 1.06 bits per heavy atom. The van der Waals surface area contributed by atoms with Crippen molar-refractivity contribution in [3.63, 3.8) is 0 Å². The minimum atomic E-state index is -1.03. The molecule has 2 bridgehead atoms. The molecule has 2 saturated heterocycles. The van der Waals surface area contributed by atoms with Crippen molar-refractivity contribution < 1.29 is 33.7 Å². The molecule has 3 aliphatic rings. The summed E-state index contributed by atoms with van der Waals surface area (Å²) in [5, 5.41) is 17.2. The van der Waals surface area contributed by atoms with E-state index in [4.69, 9.17) is 14.2 Å². The molecule has 1 aromatic carbocycles. The Bertz CT molecular complexity index is 1050. The van der Waals surface area contributed by atoms with Crippen molar-refractivity contribution in [3.05, 3.63) is 40.8 Å². The fourth-order valence-electron chi connectivity index (χ4n) is 4.43. The second-order valence-corrected chi connectivity index (χ2v) is 8.62. The van der Waals surface area contributed by atoms with Gasteiger partial charge in [-0.1, -0.05) is 6.07 Å². The van der Waals surface area contributed by atoms with Crippen molar-refractivity contribution in [1.82, 2.24) is 5.32 Å². The lowest BCUT2D eigenvalue weighted by atomic mass is 9.79. The monoisotopic (exact) mass is 444 g/mol. The van der Waals surface area contributed by atoms with Gasteiger partial charge in [0.15, 0.2) is 11.5 Å². The molecule has 162 valence electrons. The van der Waals surface area contributed by atoms with Crippen LogP contribution in [-0.2, 0) is 20.9 Å². The molecule has 31 heavy (non-hydrogen) atoms. The predicted octanol–water partition coefficient (Wildman–Crippen LogP) is 2.22. The summed E-state index contributed by atoms with van der Waals surface area (Å²) in [5.74, 6) is -2.11. The molecule has 2 aromatic rings. The number of carbonyl (C=O) groups excluding carboxylic acids is 2. The number of carbonyl (C=O) groups is 3. The van der Waals surface area contributed by atoms with Gasteiger partial charge in [-0.2, -0.15) is 0 Å². The van der Waals surface area contributed by atoms with E-state index in [2.05, 4.69) is 10.6 Å². The molecule has 2 amide bonds. The van der Waals surface area contributed by atoms with Gasteiger partial charge in [-0.15, -0.1) is 11.3 Å². The van der Waals surface area contributed by atoms with Crippen molar-refractivity contribution in [1.29, 1.82) is 0 Å². The Labute approximate surface area is 181 Å². The zero-order valence-corrected chi connectivity index (χ0v) is 17.1. The maximum absolute atomic E-state index is 12.9. The zero-order chi connectivity index (χ0) is 21.5. The first-order valence-electron chi connectivity index (χ1n) is 9.94. The number of benzene rings is 1. The lowest BCUT2D eigenvalue weighted by Gasteiger charge is -2.23. The van der Waals surface area contributed by atoms with Crippen molar-refractivity contribution in [2.45, 2.75) is 31.6 Å². The second-order valence-electron chi connectivity index (χ2n) is 7.70. The van der Waals surface area contributed by atoms with Crippen molar-refractivity contribution in [2.75, 3.05) is 12.1 Å². The molecule has 9 nitrogen and oxygen atoms in total. The number of thiophene rings is 1. The molecule has 1 aromatic heterocycles. The first-order chi connectivity index (χ1) is 15.0. The van der Waals surface area contributed by atoms with E-state index in [1.165, 1.54) is 11.3 Å². The number of aliphatic carboxylic acids is 1. The Kier molecular flexibility index (Phi) is 5.03. The van der Waals surface area contributed by atoms with E-state index in [9.17, 15) is 19.5 Å². The van der Waals surface area contributed by atoms with Crippen LogP contribution in [0.25, 0.3) is 0 Å². The molecule has 0 spiro atoms. The van der Waals surface area contributed by atoms with Crippen LogP contribution in [0.3, 0.4) is 0 Å². The van der Waals surface area contributed by atoms with E-state index in [0.29, 0.717) is 34.9 Å². The molecule has 10 heteroatoms. The van der Waals surface area contributed by atoms with Gasteiger partial charge in [-0.25, -0.2) is 0 Å². The maximum atomic E-state index is 12.9. The summed E-state index contributed by atoms with van der Waals surface area (Å²) < 4.78 is 16.3. The standard InChI is InChI=1S/C21H20N2O7S/c24-18(22-8-10-1-2-12-15(7-10)29-9-28-12)11-5-6-31-20(11)23-19(25)16-13-3-4-14(30-13)17(16)21(26)27/h1-2,5-7,13-14,16-17H,3-4,8-9H2,(H,22,24)(H,23,25)(H,26,27)/t13-,14-,16-,17-/m1/s1. The fraction of sp³-hybridized carbons (Fsp3) is 0.381. The van der Waals surface area contributed by atoms with E-state index in [1.54, 1.807) is 23.6 Å². The average molecular weight is 444 g/mol. The van der Waals surface area contributed by atoms with Crippen LogP contribution < -0.4 is 20.1 Å². The van der Waals surface area contributed by atoms with Crippen LogP contribution in [0, 0.1) is 11.8 Å². The molecular weight excluding hydrogens is 424 g/mol. The largest absolute Gasteiger partial charge is 0.481 e. The Morgan fingerprint density at radius 3 is 2.65 bits per heavy atom. The number of hydrogen-bond acceptors (Lipinski definition) is 7. The molecule has 3 N–H and O–H groups in total. The number of hydrogen-bond donors (Lipinski definition) is 3. The summed E-state index contributed by atoms with van der Waals surface area (Å²) in [6, 6.07) is 7.06. The Hall–Kier alpha value is -3.11. The molecule has 4 heterocycles. The van der Waals surface area contributed by atoms with Gasteiger partial charge in [0.1, 0.15) is 5.00 Å². The van der Waals surface area contributed by atoms with Crippen LogP contribution in [0.2, 0.25) is 0 Å². The van der Waals surface area contributed by atoms with Gasteiger partial charge in [0.2, 0.25) is 12.7 Å². The molecule has 0 unspecified atom stereocenters.